The van der Waals surface area contributed by atoms with Crippen LogP contribution in [0.15, 0.2) is 54.6 Å². The summed E-state index contributed by atoms with van der Waals surface area (Å²) in [6.07, 6.45) is 0. The Morgan fingerprint density at radius 1 is 1.11 bits per heavy atom. The molecule has 0 bridgehead atoms. The van der Waals surface area contributed by atoms with Crippen LogP contribution in [0.25, 0.3) is 0 Å². The van der Waals surface area contributed by atoms with Crippen LogP contribution in [0.4, 0.5) is 5.69 Å². The second-order valence-corrected chi connectivity index (χ2v) is 7.54. The number of amides is 2. The van der Waals surface area contributed by atoms with Gasteiger partial charge in [0.1, 0.15) is 0 Å². The maximum absolute atomic E-state index is 12.5. The molecule has 3 rings (SSSR count). The van der Waals surface area contributed by atoms with Crippen molar-refractivity contribution >= 4 is 17.5 Å². The number of benzene rings is 2. The first-order chi connectivity index (χ1) is 13.5. The van der Waals surface area contributed by atoms with Gasteiger partial charge >= 0.3 is 0 Å². The van der Waals surface area contributed by atoms with Gasteiger partial charge in [-0.3, -0.25) is 14.5 Å². The zero-order chi connectivity index (χ0) is 20.1. The molecular formula is C22H28N4O2. The van der Waals surface area contributed by atoms with Crippen LogP contribution >= 0.6 is 0 Å². The minimum atomic E-state index is -0.0906. The van der Waals surface area contributed by atoms with Crippen molar-refractivity contribution in [1.82, 2.24) is 9.80 Å². The number of nitrogens with one attached hydrogen (secondary N) is 1. The Balaban J connectivity index is 1.61. The fourth-order valence-corrected chi connectivity index (χ4v) is 3.80. The van der Waals surface area contributed by atoms with E-state index in [0.717, 1.165) is 13.1 Å². The Bertz CT molecular complexity index is 822. The highest BCUT2D eigenvalue weighted by Crippen LogP contribution is 2.31. The van der Waals surface area contributed by atoms with Crippen molar-refractivity contribution in [3.8, 4) is 0 Å². The standard InChI is InChI=1S/C22H28N4O2/c1-25(2)22(28)17-9-6-10-19(11-17)24-21(27)15-26-13-18(12-23)20(14-26)16-7-4-3-5-8-16/h3-11,18,20H,12-15,23H2,1-2H3,(H,24,27)/t18-,20+/m1/s1. The van der Waals surface area contributed by atoms with E-state index in [0.29, 0.717) is 36.2 Å². The van der Waals surface area contributed by atoms with E-state index in [9.17, 15) is 9.59 Å². The second-order valence-electron chi connectivity index (χ2n) is 7.54. The molecule has 2 aromatic rings. The molecule has 1 aliphatic rings. The van der Waals surface area contributed by atoms with E-state index in [4.69, 9.17) is 5.73 Å². The third-order valence-electron chi connectivity index (χ3n) is 5.21. The first-order valence-corrected chi connectivity index (χ1v) is 9.57. The maximum atomic E-state index is 12.5. The third-order valence-corrected chi connectivity index (χ3v) is 5.21. The van der Waals surface area contributed by atoms with Gasteiger partial charge in [0.15, 0.2) is 0 Å². The van der Waals surface area contributed by atoms with Crippen molar-refractivity contribution in [3.05, 3.63) is 65.7 Å². The number of nitrogens with zero attached hydrogens (tertiary/aromatic N) is 2. The third kappa shape index (κ3) is 4.77. The molecule has 6 heteroatoms. The van der Waals surface area contributed by atoms with E-state index >= 15 is 0 Å². The van der Waals surface area contributed by atoms with Crippen molar-refractivity contribution in [2.75, 3.05) is 45.6 Å². The molecule has 2 atom stereocenters. The monoisotopic (exact) mass is 380 g/mol. The number of hydrogen-bond donors (Lipinski definition) is 2. The van der Waals surface area contributed by atoms with Crippen LogP contribution in [-0.4, -0.2) is 61.9 Å². The molecule has 0 unspecified atom stereocenters. The summed E-state index contributed by atoms with van der Waals surface area (Å²) >= 11 is 0. The quantitative estimate of drug-likeness (QED) is 0.803. The Morgan fingerprint density at radius 2 is 1.86 bits per heavy atom. The van der Waals surface area contributed by atoms with Crippen molar-refractivity contribution < 1.29 is 9.59 Å². The van der Waals surface area contributed by atoms with Crippen molar-refractivity contribution in [2.24, 2.45) is 11.7 Å². The fourth-order valence-electron chi connectivity index (χ4n) is 3.80. The van der Waals surface area contributed by atoms with Gasteiger partial charge < -0.3 is 16.0 Å². The summed E-state index contributed by atoms with van der Waals surface area (Å²) in [6.45, 7) is 2.54. The van der Waals surface area contributed by atoms with Gasteiger partial charge in [0.25, 0.3) is 5.91 Å². The van der Waals surface area contributed by atoms with Gasteiger partial charge in [-0.05, 0) is 36.2 Å². The Hall–Kier alpha value is -2.70. The molecule has 1 heterocycles. The Labute approximate surface area is 166 Å². The van der Waals surface area contributed by atoms with Crippen molar-refractivity contribution in [2.45, 2.75) is 5.92 Å². The van der Waals surface area contributed by atoms with E-state index < -0.39 is 0 Å². The molecule has 0 saturated carbocycles. The van der Waals surface area contributed by atoms with Crippen LogP contribution in [-0.2, 0) is 4.79 Å². The van der Waals surface area contributed by atoms with Gasteiger partial charge in [-0.15, -0.1) is 0 Å². The molecular weight excluding hydrogens is 352 g/mol. The SMILES string of the molecule is CN(C)C(=O)c1cccc(NC(=O)CN2C[C@@H](CN)[C@H](c3ccccc3)C2)c1. The summed E-state index contributed by atoms with van der Waals surface area (Å²) in [5.74, 6) is 0.516. The lowest BCUT2D eigenvalue weighted by Gasteiger charge is -2.17. The van der Waals surface area contributed by atoms with E-state index in [1.54, 1.807) is 38.4 Å². The number of rotatable bonds is 6. The Morgan fingerprint density at radius 3 is 2.54 bits per heavy atom. The average molecular weight is 380 g/mol. The normalized spacial score (nSPS) is 19.4. The second kappa shape index (κ2) is 8.99. The molecule has 2 amide bonds. The smallest absolute Gasteiger partial charge is 0.253 e. The van der Waals surface area contributed by atoms with E-state index in [2.05, 4.69) is 22.3 Å². The van der Waals surface area contributed by atoms with Gasteiger partial charge in [0.05, 0.1) is 6.54 Å². The van der Waals surface area contributed by atoms with Gasteiger partial charge in [-0.2, -0.15) is 0 Å². The highest BCUT2D eigenvalue weighted by Gasteiger charge is 2.33. The lowest BCUT2D eigenvalue weighted by Crippen LogP contribution is -2.32. The molecule has 148 valence electrons. The summed E-state index contributed by atoms with van der Waals surface area (Å²) in [6, 6.07) is 17.4. The number of anilines is 1. The van der Waals surface area contributed by atoms with Crippen LogP contribution in [0.1, 0.15) is 21.8 Å². The molecule has 2 aromatic carbocycles. The van der Waals surface area contributed by atoms with E-state index in [1.807, 2.05) is 18.2 Å². The fraction of sp³-hybridized carbons (Fsp3) is 0.364. The van der Waals surface area contributed by atoms with Gasteiger partial charge in [-0.25, -0.2) is 0 Å². The minimum absolute atomic E-state index is 0.0843. The predicted molar refractivity (Wildman–Crippen MR) is 111 cm³/mol. The van der Waals surface area contributed by atoms with Crippen LogP contribution < -0.4 is 11.1 Å². The van der Waals surface area contributed by atoms with Crippen LogP contribution in [0, 0.1) is 5.92 Å². The topological polar surface area (TPSA) is 78.7 Å². The first kappa shape index (κ1) is 20.0. The molecule has 0 spiro atoms. The Kier molecular flexibility index (Phi) is 6.44. The summed E-state index contributed by atoms with van der Waals surface area (Å²) in [5, 5.41) is 2.91. The van der Waals surface area contributed by atoms with Gasteiger partial charge in [0, 0.05) is 44.4 Å². The number of carbonyl (C=O) groups excluding carboxylic acids is 2. The van der Waals surface area contributed by atoms with Crippen LogP contribution in [0.2, 0.25) is 0 Å². The number of carbonyl (C=O) groups is 2. The highest BCUT2D eigenvalue weighted by molar-refractivity contribution is 5.97. The summed E-state index contributed by atoms with van der Waals surface area (Å²) in [4.78, 5) is 28.3. The number of hydrogen-bond acceptors (Lipinski definition) is 4. The maximum Gasteiger partial charge on any atom is 0.253 e. The van der Waals surface area contributed by atoms with Crippen LogP contribution in [0.5, 0.6) is 0 Å². The summed E-state index contributed by atoms with van der Waals surface area (Å²) in [7, 11) is 3.41. The summed E-state index contributed by atoms with van der Waals surface area (Å²) < 4.78 is 0. The zero-order valence-corrected chi connectivity index (χ0v) is 16.5. The zero-order valence-electron chi connectivity index (χ0n) is 16.5. The largest absolute Gasteiger partial charge is 0.345 e. The molecule has 1 fully saturated rings. The molecule has 28 heavy (non-hydrogen) atoms. The molecule has 0 radical (unpaired) electrons. The van der Waals surface area contributed by atoms with Crippen molar-refractivity contribution in [3.63, 3.8) is 0 Å². The molecule has 1 saturated heterocycles. The predicted octanol–water partition coefficient (Wildman–Crippen LogP) is 2.00. The molecule has 3 N–H and O–H groups in total. The summed E-state index contributed by atoms with van der Waals surface area (Å²) in [5.41, 5.74) is 8.44. The van der Waals surface area contributed by atoms with Gasteiger partial charge in [0.2, 0.25) is 5.91 Å². The first-order valence-electron chi connectivity index (χ1n) is 9.57. The van der Waals surface area contributed by atoms with E-state index in [-0.39, 0.29) is 11.8 Å². The van der Waals surface area contributed by atoms with Crippen molar-refractivity contribution in [1.29, 1.82) is 0 Å². The molecule has 6 nitrogen and oxygen atoms in total. The van der Waals surface area contributed by atoms with E-state index in [1.165, 1.54) is 10.5 Å². The number of likely N-dealkylation sites (tertiary alicyclic amines) is 1. The minimum Gasteiger partial charge on any atom is -0.345 e. The average Bonchev–Trinajstić information content (AvgIpc) is 3.10. The molecule has 1 aliphatic heterocycles. The lowest BCUT2D eigenvalue weighted by atomic mass is 9.89. The number of nitrogens with two attached hydrogens (primary N) is 1. The lowest BCUT2D eigenvalue weighted by molar-refractivity contribution is -0.117. The highest BCUT2D eigenvalue weighted by atomic mass is 16.2. The van der Waals surface area contributed by atoms with Crippen LogP contribution in [0.3, 0.4) is 0 Å². The molecule has 0 aliphatic carbocycles. The van der Waals surface area contributed by atoms with Gasteiger partial charge in [-0.1, -0.05) is 36.4 Å². The molecule has 0 aromatic heterocycles.